The Labute approximate surface area is 151 Å². The van der Waals surface area contributed by atoms with Crippen molar-refractivity contribution in [2.75, 3.05) is 5.32 Å². The van der Waals surface area contributed by atoms with Gasteiger partial charge in [-0.25, -0.2) is 9.78 Å². The van der Waals surface area contributed by atoms with Crippen molar-refractivity contribution in [1.29, 1.82) is 0 Å². The summed E-state index contributed by atoms with van der Waals surface area (Å²) in [6, 6.07) is 7.31. The molecule has 5 nitrogen and oxygen atoms in total. The van der Waals surface area contributed by atoms with E-state index >= 15 is 0 Å². The first-order chi connectivity index (χ1) is 12.1. The first-order valence-electron chi connectivity index (χ1n) is 8.64. The molecule has 1 unspecified atom stereocenters. The Kier molecular flexibility index (Phi) is 5.48. The number of hydrogen-bond acceptors (Lipinski definition) is 5. The lowest BCUT2D eigenvalue weighted by atomic mass is 9.99. The number of carbonyl (C=O) groups excluding carboxylic acids is 2. The molecule has 1 amide bonds. The van der Waals surface area contributed by atoms with Gasteiger partial charge >= 0.3 is 5.97 Å². The van der Waals surface area contributed by atoms with E-state index < -0.39 is 12.1 Å². The largest absolute Gasteiger partial charge is 0.448 e. The van der Waals surface area contributed by atoms with E-state index in [2.05, 4.69) is 10.3 Å². The van der Waals surface area contributed by atoms with Gasteiger partial charge in [-0.2, -0.15) is 0 Å². The van der Waals surface area contributed by atoms with Crippen molar-refractivity contribution in [3.63, 3.8) is 0 Å². The zero-order valence-electron chi connectivity index (χ0n) is 14.5. The number of aromatic nitrogens is 1. The van der Waals surface area contributed by atoms with Crippen LogP contribution in [0.4, 0.5) is 5.82 Å². The van der Waals surface area contributed by atoms with Crippen LogP contribution in [0.1, 0.15) is 52.0 Å². The van der Waals surface area contributed by atoms with Gasteiger partial charge in [0, 0.05) is 10.6 Å². The minimum atomic E-state index is -0.825. The lowest BCUT2D eigenvalue weighted by molar-refractivity contribution is -0.124. The van der Waals surface area contributed by atoms with E-state index in [0.29, 0.717) is 17.1 Å². The first kappa shape index (κ1) is 17.6. The Balaban J connectivity index is 1.65. The highest BCUT2D eigenvalue weighted by atomic mass is 32.1. The van der Waals surface area contributed by atoms with Crippen molar-refractivity contribution in [2.45, 2.75) is 52.1 Å². The smallest absolute Gasteiger partial charge is 0.349 e. The fraction of sp³-hybridized carbons (Fsp3) is 0.421. The standard InChI is InChI=1S/C19H22N2O3S/c1-3-14(18(22)21-17-10-6-7-12(2)20-17)24-19(23)16-11-13-8-4-5-9-15(13)25-16/h6-7,10-11,14H,3-5,8-9H2,1-2H3,(H,20,21,22). The lowest BCUT2D eigenvalue weighted by Gasteiger charge is -2.15. The molecule has 0 saturated carbocycles. The molecule has 6 heteroatoms. The summed E-state index contributed by atoms with van der Waals surface area (Å²) in [7, 11) is 0. The van der Waals surface area contributed by atoms with E-state index in [1.807, 2.05) is 32.0 Å². The van der Waals surface area contributed by atoms with E-state index in [-0.39, 0.29) is 5.91 Å². The molecule has 0 radical (unpaired) electrons. The molecule has 0 bridgehead atoms. The minimum Gasteiger partial charge on any atom is -0.448 e. The number of pyridine rings is 1. The van der Waals surface area contributed by atoms with Gasteiger partial charge in [-0.1, -0.05) is 13.0 Å². The second-order valence-electron chi connectivity index (χ2n) is 6.22. The van der Waals surface area contributed by atoms with Crippen molar-refractivity contribution in [1.82, 2.24) is 4.98 Å². The topological polar surface area (TPSA) is 68.3 Å². The van der Waals surface area contributed by atoms with Crippen LogP contribution in [0, 0.1) is 6.92 Å². The zero-order valence-corrected chi connectivity index (χ0v) is 15.3. The Morgan fingerprint density at radius 1 is 1.32 bits per heavy atom. The van der Waals surface area contributed by atoms with Crippen molar-refractivity contribution < 1.29 is 14.3 Å². The van der Waals surface area contributed by atoms with Gasteiger partial charge in [-0.15, -0.1) is 11.3 Å². The normalized spacial score (nSPS) is 14.5. The average molecular weight is 358 g/mol. The van der Waals surface area contributed by atoms with Gasteiger partial charge < -0.3 is 10.1 Å². The molecule has 25 heavy (non-hydrogen) atoms. The van der Waals surface area contributed by atoms with Gasteiger partial charge in [0.25, 0.3) is 5.91 Å². The molecule has 1 N–H and O–H groups in total. The van der Waals surface area contributed by atoms with E-state index in [4.69, 9.17) is 4.74 Å². The number of aryl methyl sites for hydroxylation is 3. The fourth-order valence-corrected chi connectivity index (χ4v) is 4.06. The molecular weight excluding hydrogens is 336 g/mol. The van der Waals surface area contributed by atoms with E-state index in [1.54, 1.807) is 6.07 Å². The van der Waals surface area contributed by atoms with Gasteiger partial charge in [0.2, 0.25) is 0 Å². The Hall–Kier alpha value is -2.21. The Bertz CT molecular complexity index is 761. The number of amides is 1. The molecule has 2 aromatic rings. The number of carbonyl (C=O) groups is 2. The van der Waals surface area contributed by atoms with Crippen molar-refractivity contribution in [3.8, 4) is 0 Å². The second kappa shape index (κ2) is 7.78. The Morgan fingerprint density at radius 3 is 2.84 bits per heavy atom. The molecule has 2 heterocycles. The fourth-order valence-electron chi connectivity index (χ4n) is 2.92. The zero-order chi connectivity index (χ0) is 17.8. The lowest BCUT2D eigenvalue weighted by Crippen LogP contribution is -2.32. The maximum atomic E-state index is 12.4. The third-order valence-corrected chi connectivity index (χ3v) is 5.47. The summed E-state index contributed by atoms with van der Waals surface area (Å²) in [6.45, 7) is 3.67. The third-order valence-electron chi connectivity index (χ3n) is 4.25. The quantitative estimate of drug-likeness (QED) is 0.823. The predicted molar refractivity (Wildman–Crippen MR) is 98.1 cm³/mol. The molecule has 0 saturated heterocycles. The molecule has 2 aromatic heterocycles. The molecule has 132 valence electrons. The highest BCUT2D eigenvalue weighted by Crippen LogP contribution is 2.30. The third kappa shape index (κ3) is 4.25. The maximum absolute atomic E-state index is 12.4. The van der Waals surface area contributed by atoms with Crippen LogP contribution in [0.2, 0.25) is 0 Å². The molecule has 0 spiro atoms. The van der Waals surface area contributed by atoms with Gasteiger partial charge in [0.05, 0.1) is 0 Å². The number of nitrogens with zero attached hydrogens (tertiary/aromatic N) is 1. The average Bonchev–Trinajstić information content (AvgIpc) is 3.03. The number of hydrogen-bond donors (Lipinski definition) is 1. The number of anilines is 1. The number of fused-ring (bicyclic) bond motifs is 1. The summed E-state index contributed by atoms with van der Waals surface area (Å²) in [5, 5.41) is 2.72. The molecule has 3 rings (SSSR count). The van der Waals surface area contributed by atoms with Gasteiger partial charge in [-0.05, 0) is 62.8 Å². The summed E-state index contributed by atoms with van der Waals surface area (Å²) in [5.74, 6) is -0.306. The van der Waals surface area contributed by atoms with Gasteiger partial charge in [-0.3, -0.25) is 4.79 Å². The van der Waals surface area contributed by atoms with Crippen molar-refractivity contribution >= 4 is 29.0 Å². The number of esters is 1. The van der Waals surface area contributed by atoms with Gasteiger partial charge in [0.1, 0.15) is 10.7 Å². The predicted octanol–water partition coefficient (Wildman–Crippen LogP) is 3.90. The van der Waals surface area contributed by atoms with Crippen LogP contribution in [-0.4, -0.2) is 23.0 Å². The highest BCUT2D eigenvalue weighted by Gasteiger charge is 2.25. The summed E-state index contributed by atoms with van der Waals surface area (Å²) >= 11 is 1.49. The minimum absolute atomic E-state index is 0.352. The molecule has 1 aliphatic carbocycles. The molecule has 1 aliphatic rings. The maximum Gasteiger partial charge on any atom is 0.349 e. The first-order valence-corrected chi connectivity index (χ1v) is 9.45. The highest BCUT2D eigenvalue weighted by molar-refractivity contribution is 7.14. The molecular formula is C19H22N2O3S. The summed E-state index contributed by atoms with van der Waals surface area (Å²) in [5.41, 5.74) is 2.07. The number of nitrogens with one attached hydrogen (secondary N) is 1. The number of ether oxygens (including phenoxy) is 1. The van der Waals surface area contributed by atoms with Crippen LogP contribution in [-0.2, 0) is 22.4 Å². The van der Waals surface area contributed by atoms with Crippen molar-refractivity contribution in [3.05, 3.63) is 45.3 Å². The van der Waals surface area contributed by atoms with E-state index in [9.17, 15) is 9.59 Å². The number of rotatable bonds is 5. The van der Waals surface area contributed by atoms with Gasteiger partial charge in [0.15, 0.2) is 6.10 Å². The monoisotopic (exact) mass is 358 g/mol. The molecule has 0 aliphatic heterocycles. The van der Waals surface area contributed by atoms with Crippen LogP contribution in [0.3, 0.4) is 0 Å². The summed E-state index contributed by atoms with van der Waals surface area (Å²) in [6.07, 6.45) is 3.98. The summed E-state index contributed by atoms with van der Waals surface area (Å²) in [4.78, 5) is 30.9. The molecule has 0 aromatic carbocycles. The molecule has 0 fully saturated rings. The van der Waals surface area contributed by atoms with Crippen molar-refractivity contribution in [2.24, 2.45) is 0 Å². The van der Waals surface area contributed by atoms with Crippen LogP contribution in [0.5, 0.6) is 0 Å². The summed E-state index contributed by atoms with van der Waals surface area (Å²) < 4.78 is 5.46. The molecule has 1 atom stereocenters. The van der Waals surface area contributed by atoms with Crippen LogP contribution in [0.25, 0.3) is 0 Å². The SMILES string of the molecule is CCC(OC(=O)c1cc2c(s1)CCCC2)C(=O)Nc1cccc(C)n1. The van der Waals surface area contributed by atoms with Crippen LogP contribution < -0.4 is 5.32 Å². The number of thiophene rings is 1. The van der Waals surface area contributed by atoms with E-state index in [1.165, 1.54) is 34.6 Å². The second-order valence-corrected chi connectivity index (χ2v) is 7.36. The van der Waals surface area contributed by atoms with Crippen LogP contribution >= 0.6 is 11.3 Å². The Morgan fingerprint density at radius 2 is 2.12 bits per heavy atom. The van der Waals surface area contributed by atoms with Crippen LogP contribution in [0.15, 0.2) is 24.3 Å². The van der Waals surface area contributed by atoms with E-state index in [0.717, 1.165) is 18.5 Å².